The average molecular weight is 153 g/mol. The van der Waals surface area contributed by atoms with Crippen LogP contribution in [0.2, 0.25) is 0 Å². The summed E-state index contributed by atoms with van der Waals surface area (Å²) in [4.78, 5) is 11.0. The molecule has 4 heteroatoms. The zero-order valence-electron chi connectivity index (χ0n) is 6.88. The minimum Gasteiger partial charge on any atom is -0.339 e. The van der Waals surface area contributed by atoms with E-state index in [0.29, 0.717) is 0 Å². The lowest BCUT2D eigenvalue weighted by Gasteiger charge is -1.95. The van der Waals surface area contributed by atoms with Gasteiger partial charge in [0.2, 0.25) is 0 Å². The van der Waals surface area contributed by atoms with Crippen LogP contribution in [-0.4, -0.2) is 22.9 Å². The van der Waals surface area contributed by atoms with Crippen LogP contribution in [0.25, 0.3) is 0 Å². The molecule has 1 amide bonds. The van der Waals surface area contributed by atoms with Gasteiger partial charge in [-0.3, -0.25) is 0 Å². The summed E-state index contributed by atoms with van der Waals surface area (Å²) in [6.45, 7) is 3.79. The van der Waals surface area contributed by atoms with Crippen molar-refractivity contribution in [3.05, 3.63) is 17.5 Å². The molecule has 0 saturated heterocycles. The Balaban J connectivity index is 2.97. The Morgan fingerprint density at radius 2 is 2.27 bits per heavy atom. The molecule has 0 saturated carbocycles. The molecule has 0 unspecified atom stereocenters. The number of nitrogens with one attached hydrogen (secondary N) is 1. The molecule has 0 atom stereocenters. The van der Waals surface area contributed by atoms with Gasteiger partial charge in [-0.15, -0.1) is 0 Å². The molecule has 1 heterocycles. The van der Waals surface area contributed by atoms with Crippen LogP contribution in [0.1, 0.15) is 11.3 Å². The quantitative estimate of drug-likeness (QED) is 0.596. The number of carbonyl (C=O) groups is 1. The zero-order chi connectivity index (χ0) is 8.43. The number of hydrogen-bond acceptors (Lipinski definition) is 2. The van der Waals surface area contributed by atoms with E-state index in [9.17, 15) is 4.79 Å². The maximum atomic E-state index is 11.0. The second kappa shape index (κ2) is 2.74. The Hall–Kier alpha value is -1.32. The van der Waals surface area contributed by atoms with Crippen molar-refractivity contribution >= 4 is 6.03 Å². The Kier molecular flexibility index (Phi) is 1.94. The van der Waals surface area contributed by atoms with Crippen LogP contribution in [-0.2, 0) is 0 Å². The van der Waals surface area contributed by atoms with Crippen molar-refractivity contribution in [3.8, 4) is 0 Å². The summed E-state index contributed by atoms with van der Waals surface area (Å²) in [7, 11) is 1.58. The van der Waals surface area contributed by atoms with E-state index in [-0.39, 0.29) is 6.03 Å². The molecule has 0 fully saturated rings. The lowest BCUT2D eigenvalue weighted by atomic mass is 10.3. The van der Waals surface area contributed by atoms with Gasteiger partial charge in [0.25, 0.3) is 0 Å². The number of aryl methyl sites for hydroxylation is 2. The molecular weight excluding hydrogens is 142 g/mol. The highest BCUT2D eigenvalue weighted by Crippen LogP contribution is 2.01. The number of rotatable bonds is 0. The van der Waals surface area contributed by atoms with Gasteiger partial charge in [0.05, 0.1) is 5.69 Å². The summed E-state index contributed by atoms with van der Waals surface area (Å²) in [6, 6.07) is -0.207. The molecule has 1 aromatic rings. The van der Waals surface area contributed by atoms with E-state index in [1.54, 1.807) is 13.2 Å². The second-order valence-corrected chi connectivity index (χ2v) is 2.40. The molecule has 60 valence electrons. The predicted molar refractivity (Wildman–Crippen MR) is 41.6 cm³/mol. The van der Waals surface area contributed by atoms with Crippen molar-refractivity contribution in [3.63, 3.8) is 0 Å². The summed E-state index contributed by atoms with van der Waals surface area (Å²) in [5, 5.41) is 6.47. The molecule has 11 heavy (non-hydrogen) atoms. The van der Waals surface area contributed by atoms with Gasteiger partial charge in [-0.05, 0) is 19.4 Å². The van der Waals surface area contributed by atoms with Gasteiger partial charge < -0.3 is 5.32 Å². The van der Waals surface area contributed by atoms with Crippen LogP contribution in [0.15, 0.2) is 6.20 Å². The molecule has 0 aromatic carbocycles. The third-order valence-electron chi connectivity index (χ3n) is 1.57. The summed E-state index contributed by atoms with van der Waals surface area (Å²) < 4.78 is 1.30. The minimum absolute atomic E-state index is 0.207. The number of nitrogens with zero attached hydrogens (tertiary/aromatic N) is 2. The summed E-state index contributed by atoms with van der Waals surface area (Å²) in [5.41, 5.74) is 1.90. The Bertz CT molecular complexity index is 258. The van der Waals surface area contributed by atoms with Crippen LogP contribution in [0.5, 0.6) is 0 Å². The average Bonchev–Trinajstić information content (AvgIpc) is 2.31. The molecule has 1 N–H and O–H groups in total. The van der Waals surface area contributed by atoms with E-state index in [1.807, 2.05) is 13.8 Å². The highest BCUT2D eigenvalue weighted by molar-refractivity contribution is 5.75. The molecule has 0 radical (unpaired) electrons. The van der Waals surface area contributed by atoms with Crippen LogP contribution in [0.4, 0.5) is 4.79 Å². The van der Waals surface area contributed by atoms with Gasteiger partial charge >= 0.3 is 6.03 Å². The van der Waals surface area contributed by atoms with Gasteiger partial charge in [0, 0.05) is 13.2 Å². The van der Waals surface area contributed by atoms with Crippen LogP contribution in [0.3, 0.4) is 0 Å². The van der Waals surface area contributed by atoms with Gasteiger partial charge in [-0.2, -0.15) is 9.78 Å². The van der Waals surface area contributed by atoms with Gasteiger partial charge in [0.15, 0.2) is 0 Å². The largest absolute Gasteiger partial charge is 0.341 e. The minimum atomic E-state index is -0.207. The third-order valence-corrected chi connectivity index (χ3v) is 1.57. The van der Waals surface area contributed by atoms with Crippen molar-refractivity contribution in [1.29, 1.82) is 0 Å². The van der Waals surface area contributed by atoms with Gasteiger partial charge in [-0.1, -0.05) is 0 Å². The molecule has 0 aliphatic rings. The normalized spacial score (nSPS) is 9.73. The fraction of sp³-hybridized carbons (Fsp3) is 0.429. The molecule has 0 spiro atoms. The summed E-state index contributed by atoms with van der Waals surface area (Å²) >= 11 is 0. The molecule has 1 rings (SSSR count). The first-order chi connectivity index (χ1) is 5.15. The first-order valence-corrected chi connectivity index (χ1v) is 3.40. The summed E-state index contributed by atoms with van der Waals surface area (Å²) in [6.07, 6.45) is 1.70. The highest BCUT2D eigenvalue weighted by atomic mass is 16.2. The van der Waals surface area contributed by atoms with Crippen molar-refractivity contribution < 1.29 is 4.79 Å². The third kappa shape index (κ3) is 1.39. The van der Waals surface area contributed by atoms with Crippen molar-refractivity contribution in [2.24, 2.45) is 0 Å². The van der Waals surface area contributed by atoms with E-state index in [4.69, 9.17) is 0 Å². The fourth-order valence-corrected chi connectivity index (χ4v) is 0.765. The second-order valence-electron chi connectivity index (χ2n) is 2.40. The Labute approximate surface area is 65.2 Å². The lowest BCUT2D eigenvalue weighted by molar-refractivity contribution is 0.241. The lowest BCUT2D eigenvalue weighted by Crippen LogP contribution is -2.24. The zero-order valence-corrected chi connectivity index (χ0v) is 6.88. The van der Waals surface area contributed by atoms with Crippen molar-refractivity contribution in [2.75, 3.05) is 7.05 Å². The van der Waals surface area contributed by atoms with Crippen LogP contribution < -0.4 is 5.32 Å². The molecule has 0 bridgehead atoms. The predicted octanol–water partition coefficient (Wildman–Crippen LogP) is 0.687. The fourth-order valence-electron chi connectivity index (χ4n) is 0.765. The van der Waals surface area contributed by atoms with E-state index < -0.39 is 0 Å². The maximum Gasteiger partial charge on any atom is 0.341 e. The van der Waals surface area contributed by atoms with Crippen molar-refractivity contribution in [2.45, 2.75) is 13.8 Å². The number of hydrogen-bond donors (Lipinski definition) is 1. The number of carbonyl (C=O) groups excluding carboxylic acids is 1. The standard InChI is InChI=1S/C7H11N3O/c1-5-4-10(7(11)8-3)9-6(5)2/h4H,1-3H3,(H,8,11). The van der Waals surface area contributed by atoms with Crippen LogP contribution in [0, 0.1) is 13.8 Å². The first kappa shape index (κ1) is 7.78. The van der Waals surface area contributed by atoms with Gasteiger partial charge in [0.1, 0.15) is 0 Å². The van der Waals surface area contributed by atoms with E-state index in [1.165, 1.54) is 4.68 Å². The topological polar surface area (TPSA) is 46.9 Å². The smallest absolute Gasteiger partial charge is 0.339 e. The Morgan fingerprint density at radius 3 is 2.64 bits per heavy atom. The summed E-state index contributed by atoms with van der Waals surface area (Å²) in [5.74, 6) is 0. The molecule has 1 aromatic heterocycles. The molecule has 4 nitrogen and oxygen atoms in total. The van der Waals surface area contributed by atoms with E-state index in [0.717, 1.165) is 11.3 Å². The number of amides is 1. The molecule has 0 aliphatic carbocycles. The van der Waals surface area contributed by atoms with E-state index in [2.05, 4.69) is 10.4 Å². The highest BCUT2D eigenvalue weighted by Gasteiger charge is 2.04. The van der Waals surface area contributed by atoms with Crippen LogP contribution >= 0.6 is 0 Å². The Morgan fingerprint density at radius 1 is 1.64 bits per heavy atom. The molecule has 0 aliphatic heterocycles. The van der Waals surface area contributed by atoms with Crippen molar-refractivity contribution in [1.82, 2.24) is 15.1 Å². The first-order valence-electron chi connectivity index (χ1n) is 3.40. The molecular formula is C7H11N3O. The monoisotopic (exact) mass is 153 g/mol. The SMILES string of the molecule is CNC(=O)n1cc(C)c(C)n1. The van der Waals surface area contributed by atoms with E-state index >= 15 is 0 Å². The maximum absolute atomic E-state index is 11.0. The van der Waals surface area contributed by atoms with Gasteiger partial charge in [-0.25, -0.2) is 4.79 Å². The number of aromatic nitrogens is 2.